The van der Waals surface area contributed by atoms with Gasteiger partial charge < -0.3 is 19.9 Å². The molecule has 0 unspecified atom stereocenters. The SMILES string of the molecule is O=C(Cc1cccc(Cl)c1)NC1CCN(C(=O)N2CCOCC2)CC1. The molecule has 1 aromatic carbocycles. The number of morpholine rings is 1. The van der Waals surface area contributed by atoms with Gasteiger partial charge in [0.05, 0.1) is 19.6 Å². The van der Waals surface area contributed by atoms with Crippen molar-refractivity contribution in [2.45, 2.75) is 25.3 Å². The number of nitrogens with zero attached hydrogens (tertiary/aromatic N) is 2. The predicted molar refractivity (Wildman–Crippen MR) is 95.7 cm³/mol. The number of likely N-dealkylation sites (tertiary alicyclic amines) is 1. The van der Waals surface area contributed by atoms with E-state index in [9.17, 15) is 9.59 Å². The molecule has 1 N–H and O–H groups in total. The highest BCUT2D eigenvalue weighted by Crippen LogP contribution is 2.15. The molecule has 0 atom stereocenters. The highest BCUT2D eigenvalue weighted by Gasteiger charge is 2.27. The van der Waals surface area contributed by atoms with Gasteiger partial charge in [-0.2, -0.15) is 0 Å². The molecule has 2 saturated heterocycles. The maximum Gasteiger partial charge on any atom is 0.320 e. The number of hydrogen-bond acceptors (Lipinski definition) is 3. The summed E-state index contributed by atoms with van der Waals surface area (Å²) in [6, 6.07) is 7.57. The molecule has 0 radical (unpaired) electrons. The average molecular weight is 366 g/mol. The third-order valence-electron chi connectivity index (χ3n) is 4.67. The van der Waals surface area contributed by atoms with Crippen molar-refractivity contribution in [3.05, 3.63) is 34.9 Å². The van der Waals surface area contributed by atoms with Crippen LogP contribution in [-0.2, 0) is 16.0 Å². The van der Waals surface area contributed by atoms with Crippen LogP contribution in [0.2, 0.25) is 5.02 Å². The topological polar surface area (TPSA) is 61.9 Å². The van der Waals surface area contributed by atoms with Crippen LogP contribution < -0.4 is 5.32 Å². The van der Waals surface area contributed by atoms with Gasteiger partial charge in [0, 0.05) is 37.2 Å². The molecule has 0 spiro atoms. The van der Waals surface area contributed by atoms with Gasteiger partial charge in [-0.15, -0.1) is 0 Å². The molecule has 7 heteroatoms. The second kappa shape index (κ2) is 8.54. The van der Waals surface area contributed by atoms with Crippen molar-refractivity contribution in [3.63, 3.8) is 0 Å². The Balaban J connectivity index is 1.42. The average Bonchev–Trinajstić information content (AvgIpc) is 2.62. The first kappa shape index (κ1) is 18.0. The number of amides is 3. The van der Waals surface area contributed by atoms with E-state index in [4.69, 9.17) is 16.3 Å². The second-order valence-corrected chi connectivity index (χ2v) is 6.95. The Bertz CT molecular complexity index is 611. The fraction of sp³-hybridized carbons (Fsp3) is 0.556. The minimum absolute atomic E-state index is 0.000206. The fourth-order valence-corrected chi connectivity index (χ4v) is 3.49. The van der Waals surface area contributed by atoms with Crippen LogP contribution in [0.25, 0.3) is 0 Å². The number of halogens is 1. The lowest BCUT2D eigenvalue weighted by molar-refractivity contribution is -0.121. The summed E-state index contributed by atoms with van der Waals surface area (Å²) in [4.78, 5) is 28.4. The van der Waals surface area contributed by atoms with Gasteiger partial charge in [0.15, 0.2) is 0 Å². The third kappa shape index (κ3) is 5.09. The number of urea groups is 1. The summed E-state index contributed by atoms with van der Waals surface area (Å²) >= 11 is 5.95. The Morgan fingerprint density at radius 2 is 1.80 bits per heavy atom. The van der Waals surface area contributed by atoms with Crippen molar-refractivity contribution in [1.82, 2.24) is 15.1 Å². The molecule has 3 rings (SSSR count). The molecule has 2 heterocycles. The molecule has 0 saturated carbocycles. The van der Waals surface area contributed by atoms with E-state index in [0.29, 0.717) is 50.8 Å². The van der Waals surface area contributed by atoms with Crippen LogP contribution in [0.15, 0.2) is 24.3 Å². The number of hydrogen-bond donors (Lipinski definition) is 1. The zero-order chi connectivity index (χ0) is 17.6. The quantitative estimate of drug-likeness (QED) is 0.890. The maximum atomic E-state index is 12.5. The van der Waals surface area contributed by atoms with Gasteiger partial charge in [0.2, 0.25) is 5.91 Å². The van der Waals surface area contributed by atoms with E-state index >= 15 is 0 Å². The van der Waals surface area contributed by atoms with E-state index in [1.807, 2.05) is 28.0 Å². The smallest absolute Gasteiger partial charge is 0.320 e. The van der Waals surface area contributed by atoms with Crippen LogP contribution >= 0.6 is 11.6 Å². The molecular formula is C18H24ClN3O3. The molecule has 3 amide bonds. The lowest BCUT2D eigenvalue weighted by Gasteiger charge is -2.37. The van der Waals surface area contributed by atoms with E-state index in [1.54, 1.807) is 6.07 Å². The van der Waals surface area contributed by atoms with Gasteiger partial charge in [0.1, 0.15) is 0 Å². The molecule has 2 aliphatic heterocycles. The molecular weight excluding hydrogens is 342 g/mol. The molecule has 0 aromatic heterocycles. The van der Waals surface area contributed by atoms with Crippen LogP contribution in [0.1, 0.15) is 18.4 Å². The minimum Gasteiger partial charge on any atom is -0.378 e. The monoisotopic (exact) mass is 365 g/mol. The lowest BCUT2D eigenvalue weighted by Crippen LogP contribution is -2.52. The first-order valence-corrected chi connectivity index (χ1v) is 9.15. The molecule has 1 aromatic rings. The summed E-state index contributed by atoms with van der Waals surface area (Å²) < 4.78 is 5.29. The molecule has 2 aliphatic rings. The number of ether oxygens (including phenoxy) is 1. The van der Waals surface area contributed by atoms with Crippen molar-refractivity contribution >= 4 is 23.5 Å². The number of carbonyl (C=O) groups excluding carboxylic acids is 2. The number of benzene rings is 1. The van der Waals surface area contributed by atoms with E-state index in [-0.39, 0.29) is 18.0 Å². The van der Waals surface area contributed by atoms with Gasteiger partial charge in [-0.1, -0.05) is 23.7 Å². The summed E-state index contributed by atoms with van der Waals surface area (Å²) in [5.41, 5.74) is 0.907. The number of nitrogens with one attached hydrogen (secondary N) is 1. The Morgan fingerprint density at radius 3 is 2.48 bits per heavy atom. The van der Waals surface area contributed by atoms with Gasteiger partial charge in [-0.3, -0.25) is 4.79 Å². The van der Waals surface area contributed by atoms with Crippen molar-refractivity contribution in [3.8, 4) is 0 Å². The normalized spacial score (nSPS) is 18.9. The maximum absolute atomic E-state index is 12.5. The first-order valence-electron chi connectivity index (χ1n) is 8.77. The lowest BCUT2D eigenvalue weighted by atomic mass is 10.0. The molecule has 25 heavy (non-hydrogen) atoms. The number of carbonyl (C=O) groups is 2. The Morgan fingerprint density at radius 1 is 1.12 bits per heavy atom. The van der Waals surface area contributed by atoms with Crippen LogP contribution in [0.4, 0.5) is 4.79 Å². The Kier molecular flexibility index (Phi) is 6.15. The highest BCUT2D eigenvalue weighted by molar-refractivity contribution is 6.30. The Labute approximate surface area is 153 Å². The number of piperidine rings is 1. The predicted octanol–water partition coefficient (Wildman–Crippen LogP) is 1.92. The molecule has 0 aliphatic carbocycles. The van der Waals surface area contributed by atoms with Crippen LogP contribution in [0.5, 0.6) is 0 Å². The summed E-state index contributed by atoms with van der Waals surface area (Å²) in [5, 5.41) is 3.71. The molecule has 6 nitrogen and oxygen atoms in total. The van der Waals surface area contributed by atoms with Crippen LogP contribution in [0, 0.1) is 0 Å². The highest BCUT2D eigenvalue weighted by atomic mass is 35.5. The molecule has 2 fully saturated rings. The van der Waals surface area contributed by atoms with Gasteiger partial charge in [-0.05, 0) is 30.5 Å². The van der Waals surface area contributed by atoms with E-state index in [2.05, 4.69) is 5.32 Å². The zero-order valence-electron chi connectivity index (χ0n) is 14.2. The molecule has 0 bridgehead atoms. The third-order valence-corrected chi connectivity index (χ3v) is 4.90. The minimum atomic E-state index is 0.000206. The van der Waals surface area contributed by atoms with Gasteiger partial charge in [0.25, 0.3) is 0 Å². The molecule has 136 valence electrons. The summed E-state index contributed by atoms with van der Waals surface area (Å²) in [6.45, 7) is 3.91. The van der Waals surface area contributed by atoms with Gasteiger partial charge >= 0.3 is 6.03 Å². The summed E-state index contributed by atoms with van der Waals surface area (Å²) in [6.07, 6.45) is 1.90. The van der Waals surface area contributed by atoms with Crippen LogP contribution in [0.3, 0.4) is 0 Å². The second-order valence-electron chi connectivity index (χ2n) is 6.52. The van der Waals surface area contributed by atoms with Crippen molar-refractivity contribution in [1.29, 1.82) is 0 Å². The standard InChI is InChI=1S/C18H24ClN3O3/c19-15-3-1-2-14(12-15)13-17(23)20-16-4-6-21(7-5-16)18(24)22-8-10-25-11-9-22/h1-3,12,16H,4-11,13H2,(H,20,23). The Hall–Kier alpha value is -1.79. The largest absolute Gasteiger partial charge is 0.378 e. The van der Waals surface area contributed by atoms with Crippen LogP contribution in [-0.4, -0.2) is 67.2 Å². The fourth-order valence-electron chi connectivity index (χ4n) is 3.28. The van der Waals surface area contributed by atoms with Gasteiger partial charge in [-0.25, -0.2) is 4.79 Å². The van der Waals surface area contributed by atoms with E-state index in [1.165, 1.54) is 0 Å². The summed E-state index contributed by atoms with van der Waals surface area (Å²) in [5.74, 6) is 0.000206. The van der Waals surface area contributed by atoms with Crippen molar-refractivity contribution in [2.24, 2.45) is 0 Å². The van der Waals surface area contributed by atoms with E-state index in [0.717, 1.165) is 18.4 Å². The first-order chi connectivity index (χ1) is 12.1. The van der Waals surface area contributed by atoms with Crippen molar-refractivity contribution in [2.75, 3.05) is 39.4 Å². The number of rotatable bonds is 3. The van der Waals surface area contributed by atoms with Crippen molar-refractivity contribution < 1.29 is 14.3 Å². The summed E-state index contributed by atoms with van der Waals surface area (Å²) in [7, 11) is 0. The zero-order valence-corrected chi connectivity index (χ0v) is 15.0. The van der Waals surface area contributed by atoms with E-state index < -0.39 is 0 Å².